The first-order chi connectivity index (χ1) is 7.66. The monoisotopic (exact) mass is 274 g/mol. The summed E-state index contributed by atoms with van der Waals surface area (Å²) < 4.78 is 13.0. The fraction of sp³-hybridized carbons (Fsp3) is 0.167. The number of alkyl halides is 1. The molecule has 1 aromatic heterocycles. The highest BCUT2D eigenvalue weighted by atomic mass is 35.5. The van der Waals surface area contributed by atoms with Crippen LogP contribution in [-0.4, -0.2) is 0 Å². The van der Waals surface area contributed by atoms with Crippen molar-refractivity contribution >= 4 is 34.5 Å². The Labute approximate surface area is 108 Å². The van der Waals surface area contributed by atoms with Gasteiger partial charge in [-0.05, 0) is 46.5 Å². The molecule has 2 rings (SSSR count). The molecule has 0 aliphatic rings. The third-order valence-electron chi connectivity index (χ3n) is 2.30. The number of benzene rings is 1. The van der Waals surface area contributed by atoms with Crippen molar-refractivity contribution in [3.05, 3.63) is 57.0 Å². The highest BCUT2D eigenvalue weighted by molar-refractivity contribution is 7.07. The van der Waals surface area contributed by atoms with Gasteiger partial charge < -0.3 is 0 Å². The molecule has 84 valence electrons. The van der Waals surface area contributed by atoms with Crippen LogP contribution in [0.15, 0.2) is 35.0 Å². The molecule has 0 aliphatic heterocycles. The van der Waals surface area contributed by atoms with Crippen LogP contribution in [0.3, 0.4) is 0 Å². The lowest BCUT2D eigenvalue weighted by atomic mass is 10.1. The van der Waals surface area contributed by atoms with Gasteiger partial charge in [0.05, 0.1) is 10.4 Å². The lowest BCUT2D eigenvalue weighted by Gasteiger charge is -2.09. The van der Waals surface area contributed by atoms with Crippen LogP contribution >= 0.6 is 34.5 Å². The van der Waals surface area contributed by atoms with Crippen LogP contribution in [0.4, 0.5) is 4.39 Å². The summed E-state index contributed by atoms with van der Waals surface area (Å²) in [5, 5.41) is 4.01. The summed E-state index contributed by atoms with van der Waals surface area (Å²) in [4.78, 5) is 0. The third-order valence-corrected chi connectivity index (χ3v) is 3.73. The minimum absolute atomic E-state index is 0.119. The van der Waals surface area contributed by atoms with E-state index in [2.05, 4.69) is 5.38 Å². The van der Waals surface area contributed by atoms with Gasteiger partial charge in [0.15, 0.2) is 0 Å². The van der Waals surface area contributed by atoms with Crippen molar-refractivity contribution in [3.63, 3.8) is 0 Å². The zero-order valence-electron chi connectivity index (χ0n) is 8.29. The Bertz CT molecular complexity index is 468. The molecule has 2 aromatic rings. The van der Waals surface area contributed by atoms with Crippen molar-refractivity contribution in [2.75, 3.05) is 0 Å². The molecule has 16 heavy (non-hydrogen) atoms. The molecular weight excluding hydrogens is 266 g/mol. The molecule has 1 atom stereocenters. The van der Waals surface area contributed by atoms with E-state index in [0.717, 1.165) is 12.0 Å². The van der Waals surface area contributed by atoms with E-state index in [-0.39, 0.29) is 10.4 Å². The van der Waals surface area contributed by atoms with Crippen LogP contribution in [0, 0.1) is 5.82 Å². The molecule has 0 radical (unpaired) electrons. The smallest absolute Gasteiger partial charge is 0.141 e. The van der Waals surface area contributed by atoms with E-state index >= 15 is 0 Å². The zero-order valence-corrected chi connectivity index (χ0v) is 10.6. The molecule has 0 N–H and O–H groups in total. The van der Waals surface area contributed by atoms with Crippen LogP contribution in [0.1, 0.15) is 16.5 Å². The van der Waals surface area contributed by atoms with E-state index in [1.807, 2.05) is 11.4 Å². The summed E-state index contributed by atoms with van der Waals surface area (Å²) in [7, 11) is 0. The Morgan fingerprint density at radius 2 is 2.12 bits per heavy atom. The highest BCUT2D eigenvalue weighted by Crippen LogP contribution is 2.28. The van der Waals surface area contributed by atoms with Crippen molar-refractivity contribution in [3.8, 4) is 0 Å². The lowest BCUT2D eigenvalue weighted by Crippen LogP contribution is -1.95. The molecular formula is C12H9Cl2FS. The average Bonchev–Trinajstić information content (AvgIpc) is 2.74. The van der Waals surface area contributed by atoms with Gasteiger partial charge in [-0.3, -0.25) is 0 Å². The van der Waals surface area contributed by atoms with Gasteiger partial charge in [-0.25, -0.2) is 4.39 Å². The second-order valence-corrected chi connectivity index (χ2v) is 5.19. The first kappa shape index (κ1) is 11.9. The minimum Gasteiger partial charge on any atom is -0.205 e. The average molecular weight is 275 g/mol. The van der Waals surface area contributed by atoms with Crippen molar-refractivity contribution in [1.29, 1.82) is 0 Å². The van der Waals surface area contributed by atoms with Crippen LogP contribution in [-0.2, 0) is 6.42 Å². The summed E-state index contributed by atoms with van der Waals surface area (Å²) in [6.45, 7) is 0. The third kappa shape index (κ3) is 2.76. The van der Waals surface area contributed by atoms with Gasteiger partial charge in [0.25, 0.3) is 0 Å². The fourth-order valence-electron chi connectivity index (χ4n) is 1.44. The van der Waals surface area contributed by atoms with Crippen LogP contribution in [0.2, 0.25) is 5.02 Å². The van der Waals surface area contributed by atoms with Crippen molar-refractivity contribution in [2.45, 2.75) is 11.8 Å². The molecule has 0 saturated carbocycles. The van der Waals surface area contributed by atoms with Crippen LogP contribution < -0.4 is 0 Å². The zero-order chi connectivity index (χ0) is 11.5. The van der Waals surface area contributed by atoms with E-state index in [0.29, 0.717) is 0 Å². The maximum absolute atomic E-state index is 13.0. The number of hydrogen-bond donors (Lipinski definition) is 0. The van der Waals surface area contributed by atoms with Crippen molar-refractivity contribution in [2.24, 2.45) is 0 Å². The van der Waals surface area contributed by atoms with E-state index in [9.17, 15) is 4.39 Å². The molecule has 0 bridgehead atoms. The summed E-state index contributed by atoms with van der Waals surface area (Å²) >= 11 is 13.6. The molecule has 0 aliphatic carbocycles. The quantitative estimate of drug-likeness (QED) is 0.686. The molecule has 1 heterocycles. The maximum Gasteiger partial charge on any atom is 0.141 e. The van der Waals surface area contributed by atoms with Crippen LogP contribution in [0.25, 0.3) is 0 Å². The largest absolute Gasteiger partial charge is 0.205 e. The number of rotatable bonds is 3. The standard InChI is InChI=1S/C12H9Cl2FS/c13-10(5-8-3-4-16-7-8)9-1-2-12(15)11(14)6-9/h1-4,6-7,10H,5H2. The molecule has 1 aromatic carbocycles. The minimum atomic E-state index is -0.412. The van der Waals surface area contributed by atoms with E-state index in [1.54, 1.807) is 23.5 Å². The lowest BCUT2D eigenvalue weighted by molar-refractivity contribution is 0.627. The maximum atomic E-state index is 13.0. The van der Waals surface area contributed by atoms with Gasteiger partial charge in [-0.2, -0.15) is 11.3 Å². The van der Waals surface area contributed by atoms with Gasteiger partial charge in [-0.1, -0.05) is 17.7 Å². The Morgan fingerprint density at radius 1 is 1.31 bits per heavy atom. The van der Waals surface area contributed by atoms with Gasteiger partial charge in [0.1, 0.15) is 5.82 Å². The van der Waals surface area contributed by atoms with Crippen molar-refractivity contribution in [1.82, 2.24) is 0 Å². The predicted octanol–water partition coefficient (Wildman–Crippen LogP) is 5.06. The van der Waals surface area contributed by atoms with Crippen molar-refractivity contribution < 1.29 is 4.39 Å². The first-order valence-corrected chi connectivity index (χ1v) is 6.52. The fourth-order valence-corrected chi connectivity index (χ4v) is 2.63. The molecule has 0 nitrogen and oxygen atoms in total. The Morgan fingerprint density at radius 3 is 2.75 bits per heavy atom. The molecule has 0 saturated heterocycles. The SMILES string of the molecule is Fc1ccc(C(Cl)Cc2ccsc2)cc1Cl. The van der Waals surface area contributed by atoms with Gasteiger partial charge >= 0.3 is 0 Å². The molecule has 4 heteroatoms. The van der Waals surface area contributed by atoms with E-state index < -0.39 is 5.82 Å². The summed E-state index contributed by atoms with van der Waals surface area (Å²) in [6.07, 6.45) is 0.729. The Hall–Kier alpha value is -0.570. The number of halogens is 3. The normalized spacial score (nSPS) is 12.7. The van der Waals surface area contributed by atoms with Gasteiger partial charge in [0, 0.05) is 0 Å². The second-order valence-electron chi connectivity index (χ2n) is 3.48. The number of thiophene rings is 1. The molecule has 0 fully saturated rings. The molecule has 1 unspecified atom stereocenters. The highest BCUT2D eigenvalue weighted by Gasteiger charge is 2.11. The Balaban J connectivity index is 2.14. The Kier molecular flexibility index (Phi) is 3.85. The number of hydrogen-bond acceptors (Lipinski definition) is 1. The molecule has 0 amide bonds. The topological polar surface area (TPSA) is 0 Å². The first-order valence-electron chi connectivity index (χ1n) is 4.77. The summed E-state index contributed by atoms with van der Waals surface area (Å²) in [5.74, 6) is -0.412. The molecule has 0 spiro atoms. The van der Waals surface area contributed by atoms with E-state index in [1.165, 1.54) is 11.6 Å². The van der Waals surface area contributed by atoms with Gasteiger partial charge in [-0.15, -0.1) is 11.6 Å². The summed E-state index contributed by atoms with van der Waals surface area (Å²) in [5.41, 5.74) is 2.03. The second kappa shape index (κ2) is 5.17. The summed E-state index contributed by atoms with van der Waals surface area (Å²) in [6, 6.07) is 6.64. The van der Waals surface area contributed by atoms with Gasteiger partial charge in [0.2, 0.25) is 0 Å². The van der Waals surface area contributed by atoms with Crippen LogP contribution in [0.5, 0.6) is 0 Å². The predicted molar refractivity (Wildman–Crippen MR) is 68.0 cm³/mol. The van der Waals surface area contributed by atoms with E-state index in [4.69, 9.17) is 23.2 Å².